The molecule has 40 heavy (non-hydrogen) atoms. The SMILES string of the molecule is C=Cc1ccc(N(C(=O)c2ccc3nc(C)n(Cc4ccc(C#Cc5ccccc5)cc4Cl)c3c2)[SH](=O)=O)cc1. The van der Waals surface area contributed by atoms with Crippen LogP contribution in [0.5, 0.6) is 0 Å². The van der Waals surface area contributed by atoms with Crippen molar-refractivity contribution >= 4 is 51.2 Å². The highest BCUT2D eigenvalue weighted by molar-refractivity contribution is 7.75. The Bertz CT molecular complexity index is 1870. The molecule has 0 fully saturated rings. The fraction of sp³-hybridized carbons (Fsp3) is 0.0625. The van der Waals surface area contributed by atoms with Gasteiger partial charge in [0.15, 0.2) is 0 Å². The van der Waals surface area contributed by atoms with E-state index in [0.717, 1.165) is 32.4 Å². The van der Waals surface area contributed by atoms with Gasteiger partial charge in [0.05, 0.1) is 23.3 Å². The average molecular weight is 566 g/mol. The van der Waals surface area contributed by atoms with Crippen molar-refractivity contribution in [1.29, 1.82) is 0 Å². The van der Waals surface area contributed by atoms with Crippen molar-refractivity contribution in [3.05, 3.63) is 136 Å². The topological polar surface area (TPSA) is 72.3 Å². The molecule has 0 saturated carbocycles. The normalized spacial score (nSPS) is 10.8. The summed E-state index contributed by atoms with van der Waals surface area (Å²) < 4.78 is 26.9. The molecular weight excluding hydrogens is 542 g/mol. The minimum absolute atomic E-state index is 0.221. The predicted octanol–water partition coefficient (Wildman–Crippen LogP) is 6.26. The lowest BCUT2D eigenvalue weighted by molar-refractivity contribution is 0.101. The van der Waals surface area contributed by atoms with Crippen molar-refractivity contribution in [2.75, 3.05) is 4.31 Å². The molecule has 198 valence electrons. The van der Waals surface area contributed by atoms with Gasteiger partial charge in [0.1, 0.15) is 5.82 Å². The maximum absolute atomic E-state index is 13.4. The first-order valence-electron chi connectivity index (χ1n) is 12.4. The summed E-state index contributed by atoms with van der Waals surface area (Å²) in [6.45, 7) is 5.98. The number of aromatic nitrogens is 2. The first kappa shape index (κ1) is 26.9. The van der Waals surface area contributed by atoms with Crippen molar-refractivity contribution in [2.45, 2.75) is 13.5 Å². The third-order valence-corrected chi connectivity index (χ3v) is 7.51. The largest absolute Gasteiger partial charge is 0.324 e. The van der Waals surface area contributed by atoms with Gasteiger partial charge in [0.2, 0.25) is 10.9 Å². The third kappa shape index (κ3) is 5.69. The number of hydrogen-bond donors (Lipinski definition) is 1. The molecule has 0 spiro atoms. The number of amides is 1. The quantitative estimate of drug-likeness (QED) is 0.195. The predicted molar refractivity (Wildman–Crippen MR) is 161 cm³/mol. The Hall–Kier alpha value is -4.64. The molecule has 0 atom stereocenters. The van der Waals surface area contributed by atoms with E-state index >= 15 is 0 Å². The van der Waals surface area contributed by atoms with Gasteiger partial charge in [0.25, 0.3) is 5.91 Å². The van der Waals surface area contributed by atoms with Gasteiger partial charge in [-0.1, -0.05) is 72.5 Å². The Kier molecular flexibility index (Phi) is 7.83. The van der Waals surface area contributed by atoms with Crippen molar-refractivity contribution < 1.29 is 13.2 Å². The van der Waals surface area contributed by atoms with E-state index in [1.54, 1.807) is 48.5 Å². The molecule has 6 nitrogen and oxygen atoms in total. The molecule has 1 amide bonds. The highest BCUT2D eigenvalue weighted by Crippen LogP contribution is 2.25. The average Bonchev–Trinajstić information content (AvgIpc) is 3.27. The smallest absolute Gasteiger partial charge is 0.271 e. The maximum atomic E-state index is 13.4. The van der Waals surface area contributed by atoms with Crippen molar-refractivity contribution in [3.8, 4) is 11.8 Å². The van der Waals surface area contributed by atoms with Gasteiger partial charge in [-0.25, -0.2) is 17.7 Å². The Morgan fingerprint density at radius 1 is 0.975 bits per heavy atom. The van der Waals surface area contributed by atoms with Crippen LogP contribution >= 0.6 is 11.6 Å². The number of nitrogens with zero attached hydrogens (tertiary/aromatic N) is 3. The standard InChI is InChI=1S/C32H24ClN3O3S/c1-3-23-12-16-28(17-13-23)36(40(38)39)32(37)26-15-18-30-31(20-26)35(22(2)34-30)21-27-14-11-25(19-29(27)33)10-9-24-7-5-4-6-8-24/h3-8,11-20,40H,1,21H2,2H3. The summed E-state index contributed by atoms with van der Waals surface area (Å²) >= 11 is 6.64. The monoisotopic (exact) mass is 565 g/mol. The van der Waals surface area contributed by atoms with Gasteiger partial charge in [0, 0.05) is 21.7 Å². The lowest BCUT2D eigenvalue weighted by atomic mass is 10.1. The number of thiol groups is 1. The van der Waals surface area contributed by atoms with Crippen molar-refractivity contribution in [2.24, 2.45) is 0 Å². The van der Waals surface area contributed by atoms with Gasteiger partial charge in [-0.15, -0.1) is 0 Å². The van der Waals surface area contributed by atoms with Crippen LogP contribution in [-0.4, -0.2) is 23.9 Å². The van der Waals surface area contributed by atoms with Gasteiger partial charge in [-0.3, -0.25) is 4.79 Å². The number of aryl methyl sites for hydroxylation is 1. The molecule has 0 N–H and O–H groups in total. The van der Waals surface area contributed by atoms with E-state index in [-0.39, 0.29) is 11.3 Å². The lowest BCUT2D eigenvalue weighted by Gasteiger charge is -2.16. The summed E-state index contributed by atoms with van der Waals surface area (Å²) in [6.07, 6.45) is 1.64. The summed E-state index contributed by atoms with van der Waals surface area (Å²) in [4.78, 5) is 18.0. The number of rotatable bonds is 6. The molecule has 0 unspecified atom stereocenters. The molecule has 8 heteroatoms. The Balaban J connectivity index is 1.45. The fourth-order valence-corrected chi connectivity index (χ4v) is 5.15. The molecule has 1 aromatic heterocycles. The van der Waals surface area contributed by atoms with Crippen LogP contribution < -0.4 is 4.31 Å². The number of carbonyl (C=O) groups excluding carboxylic acids is 1. The zero-order valence-corrected chi connectivity index (χ0v) is 23.2. The molecular formula is C32H24ClN3O3S. The van der Waals surface area contributed by atoms with E-state index in [1.807, 2.05) is 60.0 Å². The molecule has 5 aromatic rings. The molecule has 0 saturated heterocycles. The fourth-order valence-electron chi connectivity index (χ4n) is 4.32. The summed E-state index contributed by atoms with van der Waals surface area (Å²) in [5.41, 5.74) is 5.23. The molecule has 4 aromatic carbocycles. The van der Waals surface area contributed by atoms with Gasteiger partial charge >= 0.3 is 0 Å². The molecule has 0 aliphatic heterocycles. The second kappa shape index (κ2) is 11.6. The van der Waals surface area contributed by atoms with E-state index in [1.165, 1.54) is 0 Å². The lowest BCUT2D eigenvalue weighted by Crippen LogP contribution is -2.29. The highest BCUT2D eigenvalue weighted by Gasteiger charge is 2.22. The minimum Gasteiger partial charge on any atom is -0.324 e. The van der Waals surface area contributed by atoms with Crippen LogP contribution in [0.4, 0.5) is 5.69 Å². The molecule has 0 aliphatic rings. The van der Waals surface area contributed by atoms with Crippen molar-refractivity contribution in [3.63, 3.8) is 0 Å². The van der Waals surface area contributed by atoms with E-state index in [9.17, 15) is 13.2 Å². The molecule has 0 radical (unpaired) electrons. The number of carbonyl (C=O) groups is 1. The van der Waals surface area contributed by atoms with E-state index in [2.05, 4.69) is 23.4 Å². The second-order valence-corrected chi connectivity index (χ2v) is 10.3. The zero-order valence-electron chi connectivity index (χ0n) is 21.5. The van der Waals surface area contributed by atoms with Crippen LogP contribution in [0.1, 0.15) is 38.4 Å². The molecule has 5 rings (SSSR count). The zero-order chi connectivity index (χ0) is 28.2. The van der Waals surface area contributed by atoms with Gasteiger partial charge in [-0.2, -0.15) is 0 Å². The number of fused-ring (bicyclic) bond motifs is 1. The first-order valence-corrected chi connectivity index (χ1v) is 13.9. The van der Waals surface area contributed by atoms with Crippen molar-refractivity contribution in [1.82, 2.24) is 9.55 Å². The Morgan fingerprint density at radius 2 is 1.70 bits per heavy atom. The van der Waals surface area contributed by atoms with Gasteiger partial charge < -0.3 is 4.57 Å². The molecule has 1 heterocycles. The summed E-state index contributed by atoms with van der Waals surface area (Å²) in [5.74, 6) is 6.34. The number of halogens is 1. The minimum atomic E-state index is -3.22. The summed E-state index contributed by atoms with van der Waals surface area (Å²) in [5, 5.41) is 0.561. The van der Waals surface area contributed by atoms with Crippen LogP contribution in [0.3, 0.4) is 0 Å². The van der Waals surface area contributed by atoms with Crippen LogP contribution in [0, 0.1) is 18.8 Å². The van der Waals surface area contributed by atoms with E-state index < -0.39 is 16.8 Å². The van der Waals surface area contributed by atoms with Crippen LogP contribution in [0.2, 0.25) is 5.02 Å². The number of hydrogen-bond acceptors (Lipinski definition) is 4. The van der Waals surface area contributed by atoms with E-state index in [0.29, 0.717) is 22.6 Å². The summed E-state index contributed by atoms with van der Waals surface area (Å²) in [7, 11) is -3.22. The summed E-state index contributed by atoms with van der Waals surface area (Å²) in [6, 6.07) is 26.9. The van der Waals surface area contributed by atoms with Crippen LogP contribution in [0.15, 0.2) is 97.6 Å². The molecule has 0 bridgehead atoms. The Labute approximate surface area is 239 Å². The molecule has 0 aliphatic carbocycles. The Morgan fingerprint density at radius 3 is 2.38 bits per heavy atom. The highest BCUT2D eigenvalue weighted by atomic mass is 35.5. The van der Waals surface area contributed by atoms with E-state index in [4.69, 9.17) is 11.6 Å². The number of benzene rings is 4. The maximum Gasteiger partial charge on any atom is 0.271 e. The first-order chi connectivity index (χ1) is 19.3. The third-order valence-electron chi connectivity index (χ3n) is 6.42. The number of imidazole rings is 1. The van der Waals surface area contributed by atoms with Crippen LogP contribution in [-0.2, 0) is 17.4 Å². The number of anilines is 1. The van der Waals surface area contributed by atoms with Crippen LogP contribution in [0.25, 0.3) is 17.1 Å². The van der Waals surface area contributed by atoms with Gasteiger partial charge in [-0.05, 0) is 72.6 Å². The second-order valence-electron chi connectivity index (χ2n) is 9.02.